The zero-order valence-electron chi connectivity index (χ0n) is 12.9. The van der Waals surface area contributed by atoms with Gasteiger partial charge in [0.05, 0.1) is 0 Å². The molecule has 20 heavy (non-hydrogen) atoms. The summed E-state index contributed by atoms with van der Waals surface area (Å²) in [5.74, 6) is 0. The number of rotatable bonds is 5. The molecule has 0 aliphatic heterocycles. The van der Waals surface area contributed by atoms with Gasteiger partial charge in [-0.2, -0.15) is 0 Å². The minimum absolute atomic E-state index is 0.231. The molecule has 0 radical (unpaired) electrons. The van der Waals surface area contributed by atoms with E-state index in [0.29, 0.717) is 6.04 Å². The van der Waals surface area contributed by atoms with E-state index < -0.39 is 0 Å². The molecule has 0 saturated heterocycles. The molecule has 2 aromatic rings. The van der Waals surface area contributed by atoms with Gasteiger partial charge in [0.1, 0.15) is 0 Å². The third-order valence-corrected chi connectivity index (χ3v) is 4.61. The monoisotopic (exact) mass is 287 g/mol. The summed E-state index contributed by atoms with van der Waals surface area (Å²) in [7, 11) is 0. The van der Waals surface area contributed by atoms with Crippen molar-refractivity contribution in [2.45, 2.75) is 45.6 Å². The minimum atomic E-state index is 0.231. The van der Waals surface area contributed by atoms with Crippen molar-refractivity contribution < 1.29 is 0 Å². The minimum Gasteiger partial charge on any atom is -0.310 e. The predicted molar refractivity (Wildman–Crippen MR) is 89.6 cm³/mol. The average Bonchev–Trinajstić information content (AvgIpc) is 2.91. The zero-order chi connectivity index (χ0) is 14.6. The number of benzene rings is 1. The number of hydrogen-bond donors (Lipinski definition) is 1. The Labute approximate surface area is 127 Å². The molecule has 1 aromatic carbocycles. The highest BCUT2D eigenvalue weighted by Gasteiger charge is 2.13. The Morgan fingerprint density at radius 3 is 2.35 bits per heavy atom. The van der Waals surface area contributed by atoms with Crippen LogP contribution in [-0.2, 0) is 11.8 Å². The van der Waals surface area contributed by atoms with E-state index in [-0.39, 0.29) is 5.41 Å². The van der Waals surface area contributed by atoms with Gasteiger partial charge in [-0.1, -0.05) is 51.1 Å². The fraction of sp³-hybridized carbons (Fsp3) is 0.444. The standard InChI is InChI=1S/C18H25NS/c1-14(19-12-11-17-6-5-13-20-17)15-7-9-16(10-8-15)18(2,3)4/h5-10,13-14,19H,11-12H2,1-4H3. The van der Waals surface area contributed by atoms with Crippen LogP contribution in [-0.4, -0.2) is 6.54 Å². The van der Waals surface area contributed by atoms with E-state index in [0.717, 1.165) is 13.0 Å². The Hall–Kier alpha value is -1.12. The SMILES string of the molecule is CC(NCCc1cccs1)c1ccc(C(C)(C)C)cc1. The van der Waals surface area contributed by atoms with Crippen molar-refractivity contribution in [3.8, 4) is 0 Å². The highest BCUT2D eigenvalue weighted by molar-refractivity contribution is 7.09. The van der Waals surface area contributed by atoms with Crippen LogP contribution in [0.15, 0.2) is 41.8 Å². The van der Waals surface area contributed by atoms with Gasteiger partial charge in [0.2, 0.25) is 0 Å². The van der Waals surface area contributed by atoms with Crippen LogP contribution in [0.2, 0.25) is 0 Å². The Morgan fingerprint density at radius 2 is 1.80 bits per heavy atom. The van der Waals surface area contributed by atoms with Gasteiger partial charge in [0, 0.05) is 17.5 Å². The molecule has 1 heterocycles. The second-order valence-corrected chi connectivity index (χ2v) is 7.41. The van der Waals surface area contributed by atoms with Crippen molar-refractivity contribution in [3.63, 3.8) is 0 Å². The quantitative estimate of drug-likeness (QED) is 0.821. The molecule has 1 unspecified atom stereocenters. The molecule has 2 rings (SSSR count). The molecule has 2 heteroatoms. The largest absolute Gasteiger partial charge is 0.310 e. The Morgan fingerprint density at radius 1 is 1.10 bits per heavy atom. The highest BCUT2D eigenvalue weighted by atomic mass is 32.1. The molecule has 0 amide bonds. The fourth-order valence-corrected chi connectivity index (χ4v) is 2.97. The summed E-state index contributed by atoms with van der Waals surface area (Å²) in [5, 5.41) is 5.74. The average molecular weight is 287 g/mol. The summed E-state index contributed by atoms with van der Waals surface area (Å²) in [6.45, 7) is 10.0. The molecule has 1 N–H and O–H groups in total. The smallest absolute Gasteiger partial charge is 0.0291 e. The molecule has 108 valence electrons. The molecule has 0 aliphatic rings. The summed E-state index contributed by atoms with van der Waals surface area (Å²) in [5.41, 5.74) is 2.99. The first-order valence-corrected chi connectivity index (χ1v) is 8.21. The summed E-state index contributed by atoms with van der Waals surface area (Å²) in [6.07, 6.45) is 1.11. The van der Waals surface area contributed by atoms with Crippen molar-refractivity contribution in [2.75, 3.05) is 6.54 Å². The fourth-order valence-electron chi connectivity index (χ4n) is 2.26. The molecule has 1 atom stereocenters. The molecular formula is C18H25NS. The van der Waals surface area contributed by atoms with Crippen LogP contribution in [0.4, 0.5) is 0 Å². The van der Waals surface area contributed by atoms with Gasteiger partial charge in [-0.15, -0.1) is 11.3 Å². The summed E-state index contributed by atoms with van der Waals surface area (Å²) in [4.78, 5) is 1.45. The maximum atomic E-state index is 3.60. The first-order chi connectivity index (χ1) is 9.47. The van der Waals surface area contributed by atoms with E-state index in [4.69, 9.17) is 0 Å². The van der Waals surface area contributed by atoms with Crippen molar-refractivity contribution in [1.29, 1.82) is 0 Å². The van der Waals surface area contributed by atoms with Crippen molar-refractivity contribution in [2.24, 2.45) is 0 Å². The van der Waals surface area contributed by atoms with Crippen molar-refractivity contribution in [3.05, 3.63) is 57.8 Å². The summed E-state index contributed by atoms with van der Waals surface area (Å²) < 4.78 is 0. The molecule has 0 bridgehead atoms. The van der Waals surface area contributed by atoms with Gasteiger partial charge in [0.15, 0.2) is 0 Å². The summed E-state index contributed by atoms with van der Waals surface area (Å²) in [6, 6.07) is 13.7. The predicted octanol–water partition coefficient (Wildman–Crippen LogP) is 4.94. The lowest BCUT2D eigenvalue weighted by Gasteiger charge is -2.20. The molecule has 0 saturated carbocycles. The van der Waals surface area contributed by atoms with Crippen LogP contribution in [0, 0.1) is 0 Å². The zero-order valence-corrected chi connectivity index (χ0v) is 13.8. The molecule has 0 spiro atoms. The Balaban J connectivity index is 1.87. The van der Waals surface area contributed by atoms with Crippen LogP contribution in [0.3, 0.4) is 0 Å². The van der Waals surface area contributed by atoms with E-state index in [9.17, 15) is 0 Å². The van der Waals surface area contributed by atoms with Crippen LogP contribution >= 0.6 is 11.3 Å². The molecule has 0 fully saturated rings. The second-order valence-electron chi connectivity index (χ2n) is 6.38. The second kappa shape index (κ2) is 6.55. The molecule has 0 aliphatic carbocycles. The maximum Gasteiger partial charge on any atom is 0.0291 e. The van der Waals surface area contributed by atoms with E-state index in [1.54, 1.807) is 0 Å². The lowest BCUT2D eigenvalue weighted by Crippen LogP contribution is -2.21. The number of hydrogen-bond acceptors (Lipinski definition) is 2. The normalized spacial score (nSPS) is 13.4. The maximum absolute atomic E-state index is 3.60. The lowest BCUT2D eigenvalue weighted by atomic mass is 9.86. The highest BCUT2D eigenvalue weighted by Crippen LogP contribution is 2.23. The molecular weight excluding hydrogens is 262 g/mol. The topological polar surface area (TPSA) is 12.0 Å². The van der Waals surface area contributed by atoms with Crippen molar-refractivity contribution >= 4 is 11.3 Å². The van der Waals surface area contributed by atoms with Crippen molar-refractivity contribution in [1.82, 2.24) is 5.32 Å². The van der Waals surface area contributed by atoms with Gasteiger partial charge < -0.3 is 5.32 Å². The van der Waals surface area contributed by atoms with Gasteiger partial charge >= 0.3 is 0 Å². The van der Waals surface area contributed by atoms with Gasteiger partial charge in [-0.05, 0) is 41.3 Å². The van der Waals surface area contributed by atoms with Crippen LogP contribution in [0.25, 0.3) is 0 Å². The molecule has 1 aromatic heterocycles. The van der Waals surface area contributed by atoms with E-state index in [2.05, 4.69) is 74.8 Å². The number of thiophene rings is 1. The number of nitrogens with one attached hydrogen (secondary N) is 1. The Kier molecular flexibility index (Phi) is 5.00. The molecule has 1 nitrogen and oxygen atoms in total. The first kappa shape index (κ1) is 15.3. The first-order valence-electron chi connectivity index (χ1n) is 7.33. The van der Waals surface area contributed by atoms with Crippen LogP contribution in [0.1, 0.15) is 49.7 Å². The van der Waals surface area contributed by atoms with Gasteiger partial charge in [0.25, 0.3) is 0 Å². The van der Waals surface area contributed by atoms with Crippen LogP contribution < -0.4 is 5.32 Å². The summed E-state index contributed by atoms with van der Waals surface area (Å²) >= 11 is 1.84. The third-order valence-electron chi connectivity index (χ3n) is 3.68. The van der Waals surface area contributed by atoms with Gasteiger partial charge in [-0.25, -0.2) is 0 Å². The third kappa shape index (κ3) is 4.19. The van der Waals surface area contributed by atoms with E-state index in [1.807, 2.05) is 11.3 Å². The van der Waals surface area contributed by atoms with E-state index >= 15 is 0 Å². The Bertz CT molecular complexity index is 505. The lowest BCUT2D eigenvalue weighted by molar-refractivity contribution is 0.572. The van der Waals surface area contributed by atoms with E-state index in [1.165, 1.54) is 16.0 Å². The van der Waals surface area contributed by atoms with Gasteiger partial charge in [-0.3, -0.25) is 0 Å². The van der Waals surface area contributed by atoms with Crippen LogP contribution in [0.5, 0.6) is 0 Å².